The fourth-order valence-corrected chi connectivity index (χ4v) is 3.43. The van der Waals surface area contributed by atoms with Gasteiger partial charge in [0.05, 0.1) is 6.04 Å². The molecule has 0 radical (unpaired) electrons. The van der Waals surface area contributed by atoms with E-state index in [4.69, 9.17) is 0 Å². The van der Waals surface area contributed by atoms with Gasteiger partial charge in [0, 0.05) is 32.9 Å². The Morgan fingerprint density at radius 1 is 1.12 bits per heavy atom. The minimum atomic E-state index is -0.289. The zero-order valence-corrected chi connectivity index (χ0v) is 14.6. The van der Waals surface area contributed by atoms with Gasteiger partial charge in [-0.15, -0.1) is 0 Å². The summed E-state index contributed by atoms with van der Waals surface area (Å²) < 4.78 is 3.23. The predicted molar refractivity (Wildman–Crippen MR) is 93.6 cm³/mol. The van der Waals surface area contributed by atoms with Crippen LogP contribution in [0, 0.1) is 0 Å². The molecule has 7 heteroatoms. The number of rotatable bonds is 3. The molecule has 1 unspecified atom stereocenters. The van der Waals surface area contributed by atoms with E-state index >= 15 is 0 Å². The van der Waals surface area contributed by atoms with E-state index < -0.39 is 0 Å². The lowest BCUT2D eigenvalue weighted by Gasteiger charge is -2.25. The molecule has 25 heavy (non-hydrogen) atoms. The van der Waals surface area contributed by atoms with Crippen LogP contribution < -0.4 is 16.2 Å². The van der Waals surface area contributed by atoms with E-state index in [0.29, 0.717) is 11.4 Å². The van der Waals surface area contributed by atoms with Gasteiger partial charge in [-0.05, 0) is 37.0 Å². The van der Waals surface area contributed by atoms with Crippen LogP contribution in [0.4, 0.5) is 0 Å². The van der Waals surface area contributed by atoms with E-state index in [1.807, 2.05) is 17.7 Å². The summed E-state index contributed by atoms with van der Waals surface area (Å²) in [5.74, 6) is -0.434. The van der Waals surface area contributed by atoms with Gasteiger partial charge in [0.2, 0.25) is 0 Å². The third-order valence-corrected chi connectivity index (χ3v) is 4.86. The highest BCUT2D eigenvalue weighted by molar-refractivity contribution is 5.94. The Labute approximate surface area is 145 Å². The van der Waals surface area contributed by atoms with Gasteiger partial charge in [-0.25, -0.2) is 0 Å². The SMILES string of the molecule is CNC(=O)c1cc2c(n1C)CCCC2NC(=O)c1cccc(=O)n1C. The average Bonchev–Trinajstić information content (AvgIpc) is 2.94. The van der Waals surface area contributed by atoms with E-state index in [1.165, 1.54) is 10.6 Å². The lowest BCUT2D eigenvalue weighted by Crippen LogP contribution is -2.34. The van der Waals surface area contributed by atoms with Crippen LogP contribution >= 0.6 is 0 Å². The molecule has 1 aliphatic carbocycles. The Kier molecular flexibility index (Phi) is 4.48. The molecule has 2 N–H and O–H groups in total. The molecule has 0 aromatic carbocycles. The van der Waals surface area contributed by atoms with E-state index in [0.717, 1.165) is 30.5 Å². The van der Waals surface area contributed by atoms with Crippen LogP contribution in [0.2, 0.25) is 0 Å². The van der Waals surface area contributed by atoms with Crippen molar-refractivity contribution in [3.63, 3.8) is 0 Å². The number of nitrogens with zero attached hydrogens (tertiary/aromatic N) is 2. The normalized spacial score (nSPS) is 16.2. The van der Waals surface area contributed by atoms with E-state index in [1.54, 1.807) is 26.2 Å². The first-order chi connectivity index (χ1) is 11.9. The predicted octanol–water partition coefficient (Wildman–Crippen LogP) is 0.891. The number of nitrogens with one attached hydrogen (secondary N) is 2. The fourth-order valence-electron chi connectivity index (χ4n) is 3.43. The van der Waals surface area contributed by atoms with E-state index in [2.05, 4.69) is 10.6 Å². The second-order valence-corrected chi connectivity index (χ2v) is 6.30. The van der Waals surface area contributed by atoms with Crippen molar-refractivity contribution in [1.82, 2.24) is 19.8 Å². The summed E-state index contributed by atoms with van der Waals surface area (Å²) in [6.07, 6.45) is 2.60. The first kappa shape index (κ1) is 17.0. The highest BCUT2D eigenvalue weighted by atomic mass is 16.2. The molecule has 3 rings (SSSR count). The van der Waals surface area contributed by atoms with Gasteiger partial charge in [-0.3, -0.25) is 14.4 Å². The van der Waals surface area contributed by atoms with Crippen molar-refractivity contribution in [3.05, 3.63) is 57.3 Å². The molecule has 7 nitrogen and oxygen atoms in total. The summed E-state index contributed by atoms with van der Waals surface area (Å²) in [7, 11) is 5.05. The number of pyridine rings is 1. The second kappa shape index (κ2) is 6.58. The number of carbonyl (C=O) groups excluding carboxylic acids is 2. The first-order valence-corrected chi connectivity index (χ1v) is 8.31. The maximum atomic E-state index is 12.6. The number of fused-ring (bicyclic) bond motifs is 1. The highest BCUT2D eigenvalue weighted by Gasteiger charge is 2.28. The lowest BCUT2D eigenvalue weighted by atomic mass is 9.92. The number of amides is 2. The standard InChI is InChI=1S/C18H22N4O3/c1-19-17(24)15-10-11-12(6-4-7-13(11)21(15)2)20-18(25)14-8-5-9-16(23)22(14)3/h5,8-10,12H,4,6-7H2,1-3H3,(H,19,24)(H,20,25). The molecule has 0 fully saturated rings. The molecule has 0 saturated heterocycles. The second-order valence-electron chi connectivity index (χ2n) is 6.30. The largest absolute Gasteiger partial charge is 0.354 e. The van der Waals surface area contributed by atoms with Crippen LogP contribution in [0.1, 0.15) is 51.1 Å². The average molecular weight is 342 g/mol. The van der Waals surface area contributed by atoms with Gasteiger partial charge < -0.3 is 19.8 Å². The maximum absolute atomic E-state index is 12.6. The minimum absolute atomic E-state index is 0.146. The Morgan fingerprint density at radius 3 is 2.60 bits per heavy atom. The van der Waals surface area contributed by atoms with Crippen molar-refractivity contribution in [2.24, 2.45) is 14.1 Å². The molecular weight excluding hydrogens is 320 g/mol. The van der Waals surface area contributed by atoms with Gasteiger partial charge in [0.25, 0.3) is 17.4 Å². The smallest absolute Gasteiger partial charge is 0.268 e. The number of carbonyl (C=O) groups is 2. The lowest BCUT2D eigenvalue weighted by molar-refractivity contribution is 0.0921. The van der Waals surface area contributed by atoms with Crippen molar-refractivity contribution in [2.75, 3.05) is 7.05 Å². The summed E-state index contributed by atoms with van der Waals surface area (Å²) in [5.41, 5.74) is 2.72. The maximum Gasteiger partial charge on any atom is 0.268 e. The molecule has 1 atom stereocenters. The summed E-state index contributed by atoms with van der Waals surface area (Å²) in [6.45, 7) is 0. The summed E-state index contributed by atoms with van der Waals surface area (Å²) in [4.78, 5) is 36.4. The molecular formula is C18H22N4O3. The molecule has 2 aromatic heterocycles. The topological polar surface area (TPSA) is 85.1 Å². The van der Waals surface area contributed by atoms with E-state index in [9.17, 15) is 14.4 Å². The van der Waals surface area contributed by atoms with E-state index in [-0.39, 0.29) is 23.4 Å². The monoisotopic (exact) mass is 342 g/mol. The van der Waals surface area contributed by atoms with Crippen LogP contribution in [0.5, 0.6) is 0 Å². The summed E-state index contributed by atoms with van der Waals surface area (Å²) >= 11 is 0. The Hall–Kier alpha value is -2.83. The summed E-state index contributed by atoms with van der Waals surface area (Å²) in [6, 6.07) is 6.30. The Balaban J connectivity index is 1.91. The molecule has 2 aromatic rings. The third kappa shape index (κ3) is 2.97. The van der Waals surface area contributed by atoms with Crippen LogP contribution in [0.15, 0.2) is 29.1 Å². The minimum Gasteiger partial charge on any atom is -0.354 e. The molecule has 0 aliphatic heterocycles. The molecule has 0 spiro atoms. The van der Waals surface area contributed by atoms with Crippen molar-refractivity contribution in [3.8, 4) is 0 Å². The number of hydrogen-bond acceptors (Lipinski definition) is 3. The molecule has 0 saturated carbocycles. The fraction of sp³-hybridized carbons (Fsp3) is 0.389. The molecule has 2 amide bonds. The van der Waals surface area contributed by atoms with Gasteiger partial charge in [-0.1, -0.05) is 6.07 Å². The number of aromatic nitrogens is 2. The Morgan fingerprint density at radius 2 is 1.88 bits per heavy atom. The van der Waals surface area contributed by atoms with Crippen LogP contribution in [-0.2, 0) is 20.5 Å². The molecule has 132 valence electrons. The first-order valence-electron chi connectivity index (χ1n) is 8.31. The van der Waals surface area contributed by atoms with Crippen molar-refractivity contribution >= 4 is 11.8 Å². The number of hydrogen-bond donors (Lipinski definition) is 2. The Bertz CT molecular complexity index is 894. The summed E-state index contributed by atoms with van der Waals surface area (Å²) in [5, 5.41) is 5.65. The van der Waals surface area contributed by atoms with Crippen molar-refractivity contribution < 1.29 is 9.59 Å². The molecule has 1 aliphatic rings. The molecule has 0 bridgehead atoms. The third-order valence-electron chi connectivity index (χ3n) is 4.86. The quantitative estimate of drug-likeness (QED) is 0.869. The van der Waals surface area contributed by atoms with Gasteiger partial charge in [-0.2, -0.15) is 0 Å². The van der Waals surface area contributed by atoms with Crippen LogP contribution in [0.25, 0.3) is 0 Å². The van der Waals surface area contributed by atoms with Crippen molar-refractivity contribution in [1.29, 1.82) is 0 Å². The zero-order chi connectivity index (χ0) is 18.1. The van der Waals surface area contributed by atoms with Gasteiger partial charge in [0.1, 0.15) is 11.4 Å². The highest BCUT2D eigenvalue weighted by Crippen LogP contribution is 2.32. The van der Waals surface area contributed by atoms with Crippen molar-refractivity contribution in [2.45, 2.75) is 25.3 Å². The zero-order valence-electron chi connectivity index (χ0n) is 14.6. The van der Waals surface area contributed by atoms with Crippen LogP contribution in [-0.4, -0.2) is 28.0 Å². The van der Waals surface area contributed by atoms with Gasteiger partial charge >= 0.3 is 0 Å². The van der Waals surface area contributed by atoms with Gasteiger partial charge in [0.15, 0.2) is 0 Å². The molecule has 2 heterocycles. The van der Waals surface area contributed by atoms with Crippen LogP contribution in [0.3, 0.4) is 0 Å².